The van der Waals surface area contributed by atoms with Crippen molar-refractivity contribution < 1.29 is 0 Å². The van der Waals surface area contributed by atoms with Gasteiger partial charge in [-0.25, -0.2) is 0 Å². The molecular weight excluding hydrogens is 192 g/mol. The lowest BCUT2D eigenvalue weighted by molar-refractivity contribution is 0.449. The molecule has 0 aromatic heterocycles. The summed E-state index contributed by atoms with van der Waals surface area (Å²) < 4.78 is 0. The van der Waals surface area contributed by atoms with Gasteiger partial charge in [0.1, 0.15) is 0 Å². The highest BCUT2D eigenvalue weighted by atomic mass is 14.4. The molecule has 0 atom stereocenters. The van der Waals surface area contributed by atoms with Crippen molar-refractivity contribution in [2.24, 2.45) is 0 Å². The minimum atomic E-state index is 0.317. The highest BCUT2D eigenvalue weighted by Gasteiger charge is 2.37. The predicted molar refractivity (Wildman–Crippen MR) is 71.4 cm³/mol. The SMILES string of the molecule is CCCC1(CCC)C=C[c+]2cccccc21. The van der Waals surface area contributed by atoms with Crippen molar-refractivity contribution in [3.8, 4) is 0 Å². The van der Waals surface area contributed by atoms with E-state index in [4.69, 9.17) is 0 Å². The largest absolute Gasteiger partial charge is 0.0660 e. The van der Waals surface area contributed by atoms with Crippen LogP contribution in [-0.2, 0) is 5.41 Å². The van der Waals surface area contributed by atoms with Gasteiger partial charge in [0.05, 0.1) is 16.5 Å². The zero-order chi connectivity index (χ0) is 11.4. The maximum Gasteiger partial charge on any atom is 0.0660 e. The fourth-order valence-electron chi connectivity index (χ4n) is 2.95. The van der Waals surface area contributed by atoms with Gasteiger partial charge in [-0.3, -0.25) is 0 Å². The van der Waals surface area contributed by atoms with E-state index in [2.05, 4.69) is 56.3 Å². The Kier molecular flexibility index (Phi) is 3.38. The van der Waals surface area contributed by atoms with Gasteiger partial charge in [0.15, 0.2) is 0 Å². The summed E-state index contributed by atoms with van der Waals surface area (Å²) >= 11 is 0. The molecule has 1 aromatic carbocycles. The predicted octanol–water partition coefficient (Wildman–Crippen LogP) is 4.83. The first kappa shape index (κ1) is 11.3. The molecular formula is C16H21+. The summed E-state index contributed by atoms with van der Waals surface area (Å²) in [5.41, 5.74) is 3.26. The topological polar surface area (TPSA) is 0 Å². The third-order valence-corrected chi connectivity index (χ3v) is 3.58. The van der Waals surface area contributed by atoms with Crippen LogP contribution < -0.4 is 0 Å². The van der Waals surface area contributed by atoms with Crippen LogP contribution in [0.15, 0.2) is 36.4 Å². The standard InChI is InChI=1S/C16H21/c1-3-11-16(12-4-2)13-10-14-8-6-5-7-9-15(14)16/h5-10,13H,3-4,11-12H2,1-2H3/q+1. The Morgan fingerprint density at radius 2 is 1.81 bits per heavy atom. The van der Waals surface area contributed by atoms with Crippen LogP contribution in [-0.4, -0.2) is 0 Å². The van der Waals surface area contributed by atoms with E-state index in [9.17, 15) is 0 Å². The molecule has 0 saturated carbocycles. The Hall–Kier alpha value is -1.17. The third-order valence-electron chi connectivity index (χ3n) is 3.58. The fourth-order valence-corrected chi connectivity index (χ4v) is 2.95. The summed E-state index contributed by atoms with van der Waals surface area (Å²) in [5.74, 6) is 0. The molecule has 0 heteroatoms. The number of fused-ring (bicyclic) bond motifs is 1. The Balaban J connectivity index is 2.46. The molecule has 0 bridgehead atoms. The molecule has 1 aliphatic rings. The van der Waals surface area contributed by atoms with Crippen molar-refractivity contribution in [1.29, 1.82) is 0 Å². The molecule has 0 amide bonds. The van der Waals surface area contributed by atoms with E-state index in [1.807, 2.05) is 0 Å². The van der Waals surface area contributed by atoms with E-state index in [0.717, 1.165) is 0 Å². The van der Waals surface area contributed by atoms with Crippen molar-refractivity contribution in [2.45, 2.75) is 44.9 Å². The van der Waals surface area contributed by atoms with Crippen molar-refractivity contribution in [3.63, 3.8) is 0 Å². The Labute approximate surface area is 99.0 Å². The van der Waals surface area contributed by atoms with Crippen molar-refractivity contribution in [1.82, 2.24) is 0 Å². The first-order valence-corrected chi connectivity index (χ1v) is 6.44. The quantitative estimate of drug-likeness (QED) is 0.628. The lowest BCUT2D eigenvalue weighted by Gasteiger charge is -2.23. The maximum absolute atomic E-state index is 2.44. The van der Waals surface area contributed by atoms with Crippen molar-refractivity contribution in [2.75, 3.05) is 0 Å². The van der Waals surface area contributed by atoms with Crippen LogP contribution in [0.25, 0.3) is 6.08 Å². The second-order valence-corrected chi connectivity index (χ2v) is 4.77. The van der Waals surface area contributed by atoms with Crippen LogP contribution in [0.4, 0.5) is 0 Å². The summed E-state index contributed by atoms with van der Waals surface area (Å²) in [6, 6.07) is 11.0. The molecule has 1 aromatic rings. The van der Waals surface area contributed by atoms with Gasteiger partial charge in [0, 0.05) is 24.3 Å². The Bertz CT molecular complexity index is 387. The van der Waals surface area contributed by atoms with Crippen LogP contribution in [0, 0.1) is 0 Å². The molecule has 0 saturated heterocycles. The average molecular weight is 213 g/mol. The van der Waals surface area contributed by atoms with Gasteiger partial charge < -0.3 is 0 Å². The van der Waals surface area contributed by atoms with E-state index >= 15 is 0 Å². The zero-order valence-corrected chi connectivity index (χ0v) is 10.4. The van der Waals surface area contributed by atoms with Gasteiger partial charge in [0.25, 0.3) is 0 Å². The van der Waals surface area contributed by atoms with E-state index in [0.29, 0.717) is 5.41 Å². The highest BCUT2D eigenvalue weighted by molar-refractivity contribution is 5.64. The first-order valence-electron chi connectivity index (χ1n) is 6.44. The normalized spacial score (nSPS) is 16.1. The molecule has 0 heterocycles. The number of rotatable bonds is 4. The molecule has 0 radical (unpaired) electrons. The molecule has 0 spiro atoms. The maximum atomic E-state index is 2.44. The summed E-state index contributed by atoms with van der Waals surface area (Å²) in [7, 11) is 0. The molecule has 16 heavy (non-hydrogen) atoms. The number of hydrogen-bond donors (Lipinski definition) is 0. The van der Waals surface area contributed by atoms with Crippen LogP contribution in [0.2, 0.25) is 0 Å². The van der Waals surface area contributed by atoms with E-state index in [-0.39, 0.29) is 0 Å². The minimum Gasteiger partial charge on any atom is -0.0653 e. The lowest BCUT2D eigenvalue weighted by atomic mass is 9.76. The smallest absolute Gasteiger partial charge is 0.0653 e. The minimum absolute atomic E-state index is 0.317. The van der Waals surface area contributed by atoms with Gasteiger partial charge in [0.2, 0.25) is 0 Å². The Morgan fingerprint density at radius 1 is 1.06 bits per heavy atom. The van der Waals surface area contributed by atoms with Crippen molar-refractivity contribution in [3.05, 3.63) is 47.5 Å². The summed E-state index contributed by atoms with van der Waals surface area (Å²) in [6.45, 7) is 4.57. The molecule has 84 valence electrons. The molecule has 0 N–H and O–H groups in total. The lowest BCUT2D eigenvalue weighted by Crippen LogP contribution is -2.21. The number of allylic oxidation sites excluding steroid dienone is 1. The summed E-state index contributed by atoms with van der Waals surface area (Å²) in [4.78, 5) is 0. The van der Waals surface area contributed by atoms with Gasteiger partial charge in [-0.2, -0.15) is 0 Å². The molecule has 2 rings (SSSR count). The van der Waals surface area contributed by atoms with Gasteiger partial charge in [-0.1, -0.05) is 26.7 Å². The van der Waals surface area contributed by atoms with Gasteiger partial charge >= 0.3 is 0 Å². The van der Waals surface area contributed by atoms with Gasteiger partial charge in [-0.05, 0) is 31.1 Å². The highest BCUT2D eigenvalue weighted by Crippen LogP contribution is 2.42. The van der Waals surface area contributed by atoms with Crippen LogP contribution >= 0.6 is 0 Å². The average Bonchev–Trinajstić information content (AvgIpc) is 2.50. The second kappa shape index (κ2) is 4.78. The van der Waals surface area contributed by atoms with Crippen LogP contribution in [0.3, 0.4) is 0 Å². The van der Waals surface area contributed by atoms with E-state index in [1.54, 1.807) is 0 Å². The second-order valence-electron chi connectivity index (χ2n) is 4.77. The Morgan fingerprint density at radius 3 is 2.50 bits per heavy atom. The number of hydrogen-bond acceptors (Lipinski definition) is 0. The van der Waals surface area contributed by atoms with Crippen LogP contribution in [0.1, 0.15) is 50.7 Å². The fraction of sp³-hybridized carbons (Fsp3) is 0.438. The first-order chi connectivity index (χ1) is 7.82. The van der Waals surface area contributed by atoms with E-state index < -0.39 is 0 Å². The van der Waals surface area contributed by atoms with E-state index in [1.165, 1.54) is 36.8 Å². The molecule has 1 aliphatic carbocycles. The third kappa shape index (κ3) is 1.89. The van der Waals surface area contributed by atoms with Crippen LogP contribution in [0.5, 0.6) is 0 Å². The van der Waals surface area contributed by atoms with Gasteiger partial charge in [-0.15, -0.1) is 0 Å². The summed E-state index contributed by atoms with van der Waals surface area (Å²) in [6.07, 6.45) is 9.79. The zero-order valence-electron chi connectivity index (χ0n) is 10.4. The monoisotopic (exact) mass is 213 g/mol. The molecule has 0 unspecified atom stereocenters. The molecule has 0 nitrogen and oxygen atoms in total. The molecule has 0 fully saturated rings. The van der Waals surface area contributed by atoms with Crippen molar-refractivity contribution >= 4 is 6.08 Å². The summed E-state index contributed by atoms with van der Waals surface area (Å²) in [5, 5.41) is 0. The molecule has 0 aliphatic heterocycles.